The van der Waals surface area contributed by atoms with E-state index in [0.717, 1.165) is 0 Å². The van der Waals surface area contributed by atoms with Crippen molar-refractivity contribution in [1.29, 1.82) is 0 Å². The van der Waals surface area contributed by atoms with E-state index in [2.05, 4.69) is 4.98 Å². The molecule has 1 aromatic carbocycles. The summed E-state index contributed by atoms with van der Waals surface area (Å²) in [6.07, 6.45) is -4.74. The first-order chi connectivity index (χ1) is 8.86. The molecule has 2 aromatic rings. The maximum absolute atomic E-state index is 13.0. The normalized spacial score (nSPS) is 13.7. The van der Waals surface area contributed by atoms with Gasteiger partial charge in [-0.1, -0.05) is 19.1 Å². The first kappa shape index (κ1) is 13.4. The molecule has 2 rings (SSSR count). The maximum atomic E-state index is 13.0. The van der Waals surface area contributed by atoms with Crippen LogP contribution in [-0.2, 0) is 11.0 Å². The Morgan fingerprint density at radius 2 is 2.05 bits per heavy atom. The third-order valence-corrected chi connectivity index (χ3v) is 2.82. The van der Waals surface area contributed by atoms with Crippen LogP contribution in [0.3, 0.4) is 0 Å². The third kappa shape index (κ3) is 2.27. The number of nitrogens with zero attached hydrogens (tertiary/aromatic N) is 2. The Hall–Kier alpha value is -2.05. The van der Waals surface area contributed by atoms with Crippen LogP contribution in [0.25, 0.3) is 11.0 Å². The Morgan fingerprint density at radius 1 is 1.42 bits per heavy atom. The number of aliphatic carboxylic acids is 1. The SMILES string of the molecule is CCC(C(=O)[O-])n1c(C(F)(F)F)nc2ccccc21. The van der Waals surface area contributed by atoms with Crippen LogP contribution in [0.15, 0.2) is 24.3 Å². The number of hydrogen-bond donors (Lipinski definition) is 0. The number of carbonyl (C=O) groups is 1. The Bertz CT molecular complexity index is 619. The molecule has 7 heteroatoms. The second kappa shape index (κ2) is 4.56. The monoisotopic (exact) mass is 271 g/mol. The molecule has 1 heterocycles. The molecule has 0 amide bonds. The quantitative estimate of drug-likeness (QED) is 0.854. The minimum Gasteiger partial charge on any atom is -0.548 e. The lowest BCUT2D eigenvalue weighted by molar-refractivity contribution is -0.310. The van der Waals surface area contributed by atoms with E-state index in [1.54, 1.807) is 6.07 Å². The van der Waals surface area contributed by atoms with E-state index in [0.29, 0.717) is 4.57 Å². The van der Waals surface area contributed by atoms with Gasteiger partial charge in [-0.3, -0.25) is 0 Å². The van der Waals surface area contributed by atoms with Gasteiger partial charge in [0.15, 0.2) is 0 Å². The largest absolute Gasteiger partial charge is 0.548 e. The summed E-state index contributed by atoms with van der Waals surface area (Å²) in [7, 11) is 0. The predicted octanol–water partition coefficient (Wildman–Crippen LogP) is 1.76. The number of alkyl halides is 3. The van der Waals surface area contributed by atoms with Gasteiger partial charge in [0.25, 0.3) is 0 Å². The Balaban J connectivity index is 2.78. The van der Waals surface area contributed by atoms with Crippen LogP contribution in [0.4, 0.5) is 13.2 Å². The van der Waals surface area contributed by atoms with Crippen molar-refractivity contribution in [1.82, 2.24) is 9.55 Å². The van der Waals surface area contributed by atoms with Gasteiger partial charge in [0.1, 0.15) is 0 Å². The summed E-state index contributed by atoms with van der Waals surface area (Å²) < 4.78 is 39.5. The molecule has 0 fully saturated rings. The number of halogens is 3. The lowest BCUT2D eigenvalue weighted by atomic mass is 10.2. The van der Waals surface area contributed by atoms with Crippen molar-refractivity contribution in [3.05, 3.63) is 30.1 Å². The molecule has 0 aliphatic carbocycles. The van der Waals surface area contributed by atoms with E-state index in [1.807, 2.05) is 0 Å². The van der Waals surface area contributed by atoms with Crippen LogP contribution >= 0.6 is 0 Å². The zero-order valence-corrected chi connectivity index (χ0v) is 9.94. The van der Waals surface area contributed by atoms with E-state index in [4.69, 9.17) is 0 Å². The number of benzene rings is 1. The van der Waals surface area contributed by atoms with Gasteiger partial charge in [-0.05, 0) is 18.6 Å². The van der Waals surface area contributed by atoms with Gasteiger partial charge in [-0.2, -0.15) is 13.2 Å². The predicted molar refractivity (Wildman–Crippen MR) is 59.1 cm³/mol. The fraction of sp³-hybridized carbons (Fsp3) is 0.333. The summed E-state index contributed by atoms with van der Waals surface area (Å²) in [6.45, 7) is 1.48. The molecule has 0 radical (unpaired) electrons. The van der Waals surface area contributed by atoms with Crippen molar-refractivity contribution >= 4 is 17.0 Å². The van der Waals surface area contributed by atoms with Gasteiger partial charge < -0.3 is 14.5 Å². The van der Waals surface area contributed by atoms with Crippen molar-refractivity contribution in [2.75, 3.05) is 0 Å². The van der Waals surface area contributed by atoms with Gasteiger partial charge in [0.2, 0.25) is 5.82 Å². The van der Waals surface area contributed by atoms with E-state index >= 15 is 0 Å². The summed E-state index contributed by atoms with van der Waals surface area (Å²) in [6, 6.07) is 4.48. The van der Waals surface area contributed by atoms with Crippen LogP contribution in [0, 0.1) is 0 Å². The second-order valence-corrected chi connectivity index (χ2v) is 4.03. The van der Waals surface area contributed by atoms with Crippen LogP contribution in [0.1, 0.15) is 25.2 Å². The molecule has 0 bridgehead atoms. The van der Waals surface area contributed by atoms with Crippen molar-refractivity contribution in [3.8, 4) is 0 Å². The fourth-order valence-corrected chi connectivity index (χ4v) is 2.01. The molecular formula is C12H10F3N2O2-. The average Bonchev–Trinajstić information content (AvgIpc) is 2.69. The third-order valence-electron chi connectivity index (χ3n) is 2.82. The summed E-state index contributed by atoms with van der Waals surface area (Å²) in [4.78, 5) is 14.5. The molecule has 0 aliphatic rings. The average molecular weight is 271 g/mol. The van der Waals surface area contributed by atoms with Crippen molar-refractivity contribution in [2.24, 2.45) is 0 Å². The molecule has 0 saturated heterocycles. The van der Waals surface area contributed by atoms with E-state index in [1.165, 1.54) is 25.1 Å². The minimum atomic E-state index is -4.72. The van der Waals surface area contributed by atoms with Crippen LogP contribution in [-0.4, -0.2) is 15.5 Å². The number of fused-ring (bicyclic) bond motifs is 1. The molecule has 0 spiro atoms. The summed E-state index contributed by atoms with van der Waals surface area (Å²) in [5.41, 5.74) is 0.236. The smallest absolute Gasteiger partial charge is 0.449 e. The van der Waals surface area contributed by atoms with Gasteiger partial charge in [-0.15, -0.1) is 0 Å². The Labute approximate surface area is 106 Å². The number of carboxylic acids is 1. The maximum Gasteiger partial charge on any atom is 0.449 e. The molecule has 4 nitrogen and oxygen atoms in total. The van der Waals surface area contributed by atoms with Gasteiger partial charge in [-0.25, -0.2) is 4.98 Å². The molecule has 0 N–H and O–H groups in total. The van der Waals surface area contributed by atoms with E-state index in [9.17, 15) is 23.1 Å². The molecule has 0 aliphatic heterocycles. The van der Waals surface area contributed by atoms with E-state index < -0.39 is 24.0 Å². The highest BCUT2D eigenvalue weighted by atomic mass is 19.4. The van der Waals surface area contributed by atoms with Gasteiger partial charge in [0, 0.05) is 0 Å². The first-order valence-corrected chi connectivity index (χ1v) is 5.61. The number of hydrogen-bond acceptors (Lipinski definition) is 3. The Kier molecular flexibility index (Phi) is 3.21. The highest BCUT2D eigenvalue weighted by molar-refractivity contribution is 5.79. The van der Waals surface area contributed by atoms with Crippen LogP contribution < -0.4 is 5.11 Å². The zero-order valence-electron chi connectivity index (χ0n) is 9.94. The first-order valence-electron chi connectivity index (χ1n) is 5.61. The number of aromatic nitrogens is 2. The molecule has 1 atom stereocenters. The van der Waals surface area contributed by atoms with Gasteiger partial charge in [0.05, 0.1) is 23.0 Å². The second-order valence-electron chi connectivity index (χ2n) is 4.03. The van der Waals surface area contributed by atoms with Crippen LogP contribution in [0.2, 0.25) is 0 Å². The molecule has 102 valence electrons. The van der Waals surface area contributed by atoms with Crippen molar-refractivity contribution in [3.63, 3.8) is 0 Å². The van der Waals surface area contributed by atoms with Crippen LogP contribution in [0.5, 0.6) is 0 Å². The van der Waals surface area contributed by atoms with Crippen molar-refractivity contribution < 1.29 is 23.1 Å². The molecular weight excluding hydrogens is 261 g/mol. The topological polar surface area (TPSA) is 57.9 Å². The number of carboxylic acid groups (broad SMARTS) is 1. The number of carbonyl (C=O) groups excluding carboxylic acids is 1. The molecule has 1 aromatic heterocycles. The fourth-order valence-electron chi connectivity index (χ4n) is 2.01. The Morgan fingerprint density at radius 3 is 2.58 bits per heavy atom. The number of rotatable bonds is 3. The zero-order chi connectivity index (χ0) is 14.2. The lowest BCUT2D eigenvalue weighted by Crippen LogP contribution is -2.34. The highest BCUT2D eigenvalue weighted by Crippen LogP contribution is 2.34. The number of imidazole rings is 1. The molecule has 1 unspecified atom stereocenters. The summed E-state index contributed by atoms with van der Waals surface area (Å²) in [5.74, 6) is -2.78. The summed E-state index contributed by atoms with van der Waals surface area (Å²) >= 11 is 0. The summed E-state index contributed by atoms with van der Waals surface area (Å²) in [5, 5.41) is 11.0. The highest BCUT2D eigenvalue weighted by Gasteiger charge is 2.39. The minimum absolute atomic E-state index is 0.0221. The van der Waals surface area contributed by atoms with E-state index in [-0.39, 0.29) is 17.5 Å². The van der Waals surface area contributed by atoms with Crippen molar-refractivity contribution in [2.45, 2.75) is 25.6 Å². The molecule has 0 saturated carbocycles. The standard InChI is InChI=1S/C12H11F3N2O2/c1-2-8(10(18)19)17-9-6-4-3-5-7(9)16-11(17)12(13,14)15/h3-6,8H,2H2,1H3,(H,18,19)/p-1. The lowest BCUT2D eigenvalue weighted by Gasteiger charge is -2.22. The van der Waals surface area contributed by atoms with Gasteiger partial charge >= 0.3 is 6.18 Å². The molecule has 19 heavy (non-hydrogen) atoms. The number of para-hydroxylation sites is 2.